The van der Waals surface area contributed by atoms with Crippen molar-refractivity contribution < 1.29 is 26.4 Å². The normalized spacial score (nSPS) is 12.4. The van der Waals surface area contributed by atoms with Crippen molar-refractivity contribution in [3.63, 3.8) is 0 Å². The largest absolute Gasteiger partial charge is 0.293 e. The number of aromatic nitrogens is 6. The summed E-state index contributed by atoms with van der Waals surface area (Å²) < 4.78 is 62.1. The van der Waals surface area contributed by atoms with Gasteiger partial charge < -0.3 is 0 Å². The maximum atomic E-state index is 14.8. The second-order valence-corrected chi connectivity index (χ2v) is 26.8. The van der Waals surface area contributed by atoms with Gasteiger partial charge in [0, 0.05) is 48.4 Å². The molecule has 0 aliphatic carbocycles. The molecule has 0 aliphatic heterocycles. The lowest BCUT2D eigenvalue weighted by Crippen LogP contribution is -2.30. The maximum Gasteiger partial charge on any atom is 0.243 e. The number of nitrogens with zero attached hydrogens (tertiary/aromatic N) is 8. The van der Waals surface area contributed by atoms with Crippen molar-refractivity contribution >= 4 is 55.1 Å². The Kier molecular flexibility index (Phi) is 19.5. The van der Waals surface area contributed by atoms with E-state index < -0.39 is 20.0 Å². The molecule has 420 valence electrons. The van der Waals surface area contributed by atoms with Crippen molar-refractivity contribution in [1.29, 1.82) is 0 Å². The number of ketones is 2. The second-order valence-electron chi connectivity index (χ2n) is 21.0. The highest BCUT2D eigenvalue weighted by molar-refractivity contribution is 8.00. The first-order valence-corrected chi connectivity index (χ1v) is 32.1. The molecule has 0 saturated carbocycles. The number of hydrogen-bond acceptors (Lipinski definition) is 12. The number of carbonyl (C=O) groups is 2. The fourth-order valence-electron chi connectivity index (χ4n) is 10.5. The third-order valence-corrected chi connectivity index (χ3v) is 20.4. The molecule has 7 rings (SSSR count). The molecule has 18 heteroatoms. The molecule has 0 saturated heterocycles. The zero-order valence-corrected chi connectivity index (χ0v) is 51.6. The molecule has 79 heavy (non-hydrogen) atoms. The van der Waals surface area contributed by atoms with Gasteiger partial charge in [0.1, 0.15) is 0 Å². The minimum absolute atomic E-state index is 0.0285. The van der Waals surface area contributed by atoms with Gasteiger partial charge in [-0.3, -0.25) is 18.7 Å². The number of thioether (sulfide) groups is 2. The minimum Gasteiger partial charge on any atom is -0.293 e. The third-order valence-electron chi connectivity index (χ3n) is 14.5. The summed E-state index contributed by atoms with van der Waals surface area (Å²) in [7, 11) is -7.61. The minimum atomic E-state index is -3.80. The molecule has 0 bridgehead atoms. The SMILES string of the molecule is CCN(CC)S(=O)(=O)c1cccc(-c2nnc(SCC(=O)c3c(C)cc(C)c(C(=O)CSc4nnc(-c5cccc(S(=O)(=O)N(CC)CC)c5)n4-c4c(C(C)C)cccc4C(C)C)c3C)n2-c2c(C(C)C)cccc2C(C)C)c1. The zero-order chi connectivity index (χ0) is 57.8. The summed E-state index contributed by atoms with van der Waals surface area (Å²) in [4.78, 5) is 29.9. The van der Waals surface area contributed by atoms with Gasteiger partial charge in [0.05, 0.1) is 32.7 Å². The Hall–Kier alpha value is -5.76. The Balaban J connectivity index is 1.27. The van der Waals surface area contributed by atoms with Gasteiger partial charge in [-0.15, -0.1) is 20.4 Å². The highest BCUT2D eigenvalue weighted by Crippen LogP contribution is 2.40. The van der Waals surface area contributed by atoms with Crippen molar-refractivity contribution in [3.8, 4) is 34.2 Å². The van der Waals surface area contributed by atoms with E-state index in [4.69, 9.17) is 20.4 Å². The van der Waals surface area contributed by atoms with Crippen LogP contribution in [0.3, 0.4) is 0 Å². The van der Waals surface area contributed by atoms with Crippen LogP contribution in [0.15, 0.2) is 111 Å². The smallest absolute Gasteiger partial charge is 0.243 e. The van der Waals surface area contributed by atoms with Gasteiger partial charge in [0.25, 0.3) is 0 Å². The van der Waals surface area contributed by atoms with Crippen molar-refractivity contribution in [2.75, 3.05) is 37.7 Å². The number of carbonyl (C=O) groups excluding carboxylic acids is 2. The number of Topliss-reactive ketones (excluding diaryl/α,β-unsaturated/α-hetero) is 2. The molecular weight excluding hydrogens is 1070 g/mol. The predicted molar refractivity (Wildman–Crippen MR) is 321 cm³/mol. The molecular formula is C61H76N8O6S4. The Morgan fingerprint density at radius 3 is 1.10 bits per heavy atom. The van der Waals surface area contributed by atoms with Crippen molar-refractivity contribution in [1.82, 2.24) is 38.1 Å². The van der Waals surface area contributed by atoms with Crippen LogP contribution < -0.4 is 0 Å². The van der Waals surface area contributed by atoms with Gasteiger partial charge >= 0.3 is 0 Å². The second kappa shape index (κ2) is 25.4. The van der Waals surface area contributed by atoms with E-state index in [-0.39, 0.29) is 56.5 Å². The summed E-state index contributed by atoms with van der Waals surface area (Å²) >= 11 is 2.50. The van der Waals surface area contributed by atoms with E-state index in [0.717, 1.165) is 44.8 Å². The van der Waals surface area contributed by atoms with Crippen LogP contribution in [0.4, 0.5) is 0 Å². The van der Waals surface area contributed by atoms with Gasteiger partial charge in [-0.1, -0.05) is 173 Å². The van der Waals surface area contributed by atoms with E-state index in [0.29, 0.717) is 76.0 Å². The fourth-order valence-corrected chi connectivity index (χ4v) is 15.1. The average Bonchev–Trinajstić information content (AvgIpc) is 4.22. The first-order valence-electron chi connectivity index (χ1n) is 27.3. The fraction of sp³-hybridized carbons (Fsp3) is 0.410. The first kappa shape index (κ1) is 60.9. The number of hydrogen-bond donors (Lipinski definition) is 0. The van der Waals surface area contributed by atoms with E-state index in [1.165, 1.54) is 32.1 Å². The molecule has 7 aromatic rings. The highest BCUT2D eigenvalue weighted by atomic mass is 32.2. The molecule has 0 aliphatic rings. The van der Waals surface area contributed by atoms with Crippen LogP contribution in [0.1, 0.15) is 166 Å². The Labute approximate surface area is 477 Å². The Bertz CT molecular complexity index is 3330. The number of aryl methyl sites for hydroxylation is 2. The summed E-state index contributed by atoms with van der Waals surface area (Å²) in [5.74, 6) is 0.840. The maximum absolute atomic E-state index is 14.8. The summed E-state index contributed by atoms with van der Waals surface area (Å²) in [6.07, 6.45) is 0. The van der Waals surface area contributed by atoms with E-state index in [2.05, 4.69) is 79.7 Å². The van der Waals surface area contributed by atoms with Gasteiger partial charge in [0.2, 0.25) is 20.0 Å². The monoisotopic (exact) mass is 1140 g/mol. The average molecular weight is 1150 g/mol. The van der Waals surface area contributed by atoms with Crippen LogP contribution in [0.2, 0.25) is 0 Å². The molecule has 0 radical (unpaired) electrons. The third kappa shape index (κ3) is 12.3. The predicted octanol–water partition coefficient (Wildman–Crippen LogP) is 13.6. The number of benzene rings is 5. The quantitative estimate of drug-likeness (QED) is 0.0415. The number of rotatable bonds is 24. The standard InChI is InChI=1S/C61H76N8O6S4/c1-16-66(17-2)78(72,73)46-26-20-24-44(33-46)58-62-64-60(68(58)56-48(37(5)6)28-22-29-49(56)38(7)8)76-35-52(70)54-41(13)32-42(14)55(43(54)15)53(71)36-77-61-65-63-59(45-25-21-27-47(34-45)79(74,75)67(18-3)19-4)69(61)57-50(39(9)10)30-23-31-51(57)40(11)12/h20-34,37-40H,16-19,35-36H2,1-15H3. The molecule has 0 unspecified atom stereocenters. The van der Waals surface area contributed by atoms with E-state index in [9.17, 15) is 26.4 Å². The summed E-state index contributed by atoms with van der Waals surface area (Å²) in [6, 6.07) is 28.0. The van der Waals surface area contributed by atoms with Gasteiger partial charge in [0.15, 0.2) is 33.5 Å². The lowest BCUT2D eigenvalue weighted by molar-refractivity contribution is 0.102. The molecule has 14 nitrogen and oxygen atoms in total. The van der Waals surface area contributed by atoms with E-state index >= 15 is 0 Å². The highest BCUT2D eigenvalue weighted by Gasteiger charge is 2.31. The first-order chi connectivity index (χ1) is 37.4. The molecule has 2 heterocycles. The molecule has 0 fully saturated rings. The molecule has 0 N–H and O–H groups in total. The molecule has 0 atom stereocenters. The molecule has 0 spiro atoms. The molecule has 5 aromatic carbocycles. The summed E-state index contributed by atoms with van der Waals surface area (Å²) in [6.45, 7) is 31.2. The van der Waals surface area contributed by atoms with Crippen LogP contribution in [0.5, 0.6) is 0 Å². The van der Waals surface area contributed by atoms with E-state index in [1.54, 1.807) is 36.4 Å². The number of sulfonamides is 2. The van der Waals surface area contributed by atoms with Crippen LogP contribution >= 0.6 is 23.5 Å². The zero-order valence-electron chi connectivity index (χ0n) is 48.4. The van der Waals surface area contributed by atoms with Crippen LogP contribution in [0, 0.1) is 20.8 Å². The van der Waals surface area contributed by atoms with Crippen LogP contribution in [0.25, 0.3) is 34.2 Å². The van der Waals surface area contributed by atoms with Gasteiger partial charge in [-0.05, 0) is 108 Å². The summed E-state index contributed by atoms with van der Waals surface area (Å²) in [5.41, 5.74) is 10.1. The van der Waals surface area contributed by atoms with Crippen molar-refractivity contribution in [2.45, 2.75) is 148 Å². The van der Waals surface area contributed by atoms with Gasteiger partial charge in [-0.2, -0.15) is 8.61 Å². The van der Waals surface area contributed by atoms with Crippen molar-refractivity contribution in [3.05, 3.63) is 141 Å². The Morgan fingerprint density at radius 2 is 0.797 bits per heavy atom. The van der Waals surface area contributed by atoms with Crippen LogP contribution in [-0.4, -0.2) is 104 Å². The molecule has 2 aromatic heterocycles. The lowest BCUT2D eigenvalue weighted by Gasteiger charge is -2.23. The lowest BCUT2D eigenvalue weighted by atomic mass is 9.90. The van der Waals surface area contributed by atoms with Crippen molar-refractivity contribution in [2.24, 2.45) is 0 Å². The topological polar surface area (TPSA) is 170 Å². The summed E-state index contributed by atoms with van der Waals surface area (Å²) in [5, 5.41) is 19.9. The van der Waals surface area contributed by atoms with E-state index in [1.807, 2.05) is 87.9 Å². The van der Waals surface area contributed by atoms with Crippen LogP contribution in [-0.2, 0) is 20.0 Å². The number of para-hydroxylation sites is 2. The molecule has 0 amide bonds. The Morgan fingerprint density at radius 1 is 0.481 bits per heavy atom. The van der Waals surface area contributed by atoms with Gasteiger partial charge in [-0.25, -0.2) is 16.8 Å².